The van der Waals surface area contributed by atoms with Gasteiger partial charge < -0.3 is 39.9 Å². The topological polar surface area (TPSA) is 210 Å². The average molecular weight is 1020 g/mol. The number of allylic oxidation sites excluding steroid dienone is 2. The first-order chi connectivity index (χ1) is 33.9. The van der Waals surface area contributed by atoms with Crippen molar-refractivity contribution in [1.82, 2.24) is 0 Å². The number of phosphoric ester groups is 1. The summed E-state index contributed by atoms with van der Waals surface area (Å²) < 4.78 is 33.8. The van der Waals surface area contributed by atoms with Gasteiger partial charge in [-0.05, 0) is 38.5 Å². The van der Waals surface area contributed by atoms with E-state index >= 15 is 0 Å². The van der Waals surface area contributed by atoms with Gasteiger partial charge in [-0.25, -0.2) is 4.57 Å². The summed E-state index contributed by atoms with van der Waals surface area (Å²) in [7, 11) is -5.12. The van der Waals surface area contributed by atoms with Crippen molar-refractivity contribution < 1.29 is 63.1 Å². The molecular formula is C56H107O13P. The highest BCUT2D eigenvalue weighted by Crippen LogP contribution is 2.47. The highest BCUT2D eigenvalue weighted by atomic mass is 31.2. The molecule has 0 aromatic heterocycles. The molecule has 1 rings (SSSR count). The number of hydrogen-bond acceptors (Lipinski definition) is 12. The van der Waals surface area contributed by atoms with Crippen LogP contribution in [0.1, 0.15) is 277 Å². The van der Waals surface area contributed by atoms with E-state index in [1.807, 2.05) is 0 Å². The minimum absolute atomic E-state index is 0.0995. The smallest absolute Gasteiger partial charge is 0.462 e. The van der Waals surface area contributed by atoms with Crippen molar-refractivity contribution in [3.63, 3.8) is 0 Å². The van der Waals surface area contributed by atoms with Crippen LogP contribution in [0.4, 0.5) is 0 Å². The van der Waals surface area contributed by atoms with Gasteiger partial charge in [-0.2, -0.15) is 0 Å². The Hall–Kier alpha value is -1.41. The molecule has 0 spiro atoms. The third-order valence-corrected chi connectivity index (χ3v) is 14.8. The molecule has 6 unspecified atom stereocenters. The number of phosphoric acid groups is 1. The quantitative estimate of drug-likeness (QED) is 0.0145. The second-order valence-electron chi connectivity index (χ2n) is 20.5. The normalized spacial score (nSPS) is 20.7. The molecule has 1 saturated carbocycles. The number of rotatable bonds is 50. The van der Waals surface area contributed by atoms with Gasteiger partial charge >= 0.3 is 19.8 Å². The number of hydrogen-bond donors (Lipinski definition) is 6. The average Bonchev–Trinajstić information content (AvgIpc) is 3.34. The Morgan fingerprint density at radius 3 is 1.09 bits per heavy atom. The van der Waals surface area contributed by atoms with Gasteiger partial charge in [-0.3, -0.25) is 18.6 Å². The van der Waals surface area contributed by atoms with Crippen molar-refractivity contribution in [2.24, 2.45) is 0 Å². The molecule has 70 heavy (non-hydrogen) atoms. The first-order valence-corrected chi connectivity index (χ1v) is 30.5. The highest BCUT2D eigenvalue weighted by molar-refractivity contribution is 7.47. The number of ether oxygens (including phenoxy) is 2. The lowest BCUT2D eigenvalue weighted by Gasteiger charge is -2.41. The summed E-state index contributed by atoms with van der Waals surface area (Å²) in [6.45, 7) is 3.37. The Morgan fingerprint density at radius 1 is 0.429 bits per heavy atom. The number of aliphatic hydroxyl groups excluding tert-OH is 5. The predicted molar refractivity (Wildman–Crippen MR) is 281 cm³/mol. The van der Waals surface area contributed by atoms with E-state index in [4.69, 9.17) is 18.5 Å². The van der Waals surface area contributed by atoms with Gasteiger partial charge in [0, 0.05) is 12.8 Å². The Balaban J connectivity index is 2.32. The van der Waals surface area contributed by atoms with Crippen LogP contribution >= 0.6 is 7.82 Å². The summed E-state index contributed by atoms with van der Waals surface area (Å²) in [6, 6.07) is 0. The van der Waals surface area contributed by atoms with Gasteiger partial charge in [0.1, 0.15) is 43.2 Å². The zero-order chi connectivity index (χ0) is 51.3. The largest absolute Gasteiger partial charge is 0.472 e. The van der Waals surface area contributed by atoms with Gasteiger partial charge in [0.15, 0.2) is 6.10 Å². The third kappa shape index (κ3) is 37.3. The molecule has 1 aliphatic rings. The lowest BCUT2D eigenvalue weighted by atomic mass is 9.85. The standard InChI is InChI=1S/C56H107O13P/c1-3-5-7-9-11-13-15-17-19-21-23-25-27-29-31-33-35-37-39-41-43-45-50(58)68-48(47-67-70(64,65)69-56-54(62)52(60)51(59)53(61)55(56)63)46-66-49(57)44-42-40-38-36-34-32-30-28-26-24-22-20-18-16-14-12-10-8-6-4-2/h21,23,48,51-56,59-63H,3-20,22,24-47H2,1-2H3,(H,64,65)/b23-21-. The van der Waals surface area contributed by atoms with Crippen molar-refractivity contribution in [2.45, 2.75) is 320 Å². The molecule has 6 N–H and O–H groups in total. The third-order valence-electron chi connectivity index (χ3n) is 13.9. The van der Waals surface area contributed by atoms with E-state index < -0.39 is 75.7 Å². The molecule has 14 heteroatoms. The first kappa shape index (κ1) is 66.6. The molecule has 0 aliphatic heterocycles. The maximum Gasteiger partial charge on any atom is 0.472 e. The number of aliphatic hydroxyl groups is 5. The molecule has 0 bridgehead atoms. The van der Waals surface area contributed by atoms with Crippen molar-refractivity contribution in [3.05, 3.63) is 12.2 Å². The van der Waals surface area contributed by atoms with Crippen LogP contribution in [0.25, 0.3) is 0 Å². The summed E-state index contributed by atoms with van der Waals surface area (Å²) in [5, 5.41) is 50.4. The molecule has 0 aromatic rings. The second-order valence-corrected chi connectivity index (χ2v) is 21.9. The summed E-state index contributed by atoms with van der Waals surface area (Å²) in [4.78, 5) is 36.0. The van der Waals surface area contributed by atoms with E-state index in [2.05, 4.69) is 26.0 Å². The number of esters is 2. The lowest BCUT2D eigenvalue weighted by molar-refractivity contribution is -0.220. The van der Waals surface area contributed by atoms with E-state index in [9.17, 15) is 44.6 Å². The highest BCUT2D eigenvalue weighted by Gasteiger charge is 2.51. The van der Waals surface area contributed by atoms with Crippen LogP contribution in [0.5, 0.6) is 0 Å². The summed E-state index contributed by atoms with van der Waals surface area (Å²) in [5.41, 5.74) is 0. The fourth-order valence-electron chi connectivity index (χ4n) is 9.23. The lowest BCUT2D eigenvalue weighted by Crippen LogP contribution is -2.64. The van der Waals surface area contributed by atoms with Gasteiger partial charge in [0.2, 0.25) is 0 Å². The van der Waals surface area contributed by atoms with Crippen LogP contribution in [0, 0.1) is 0 Å². The van der Waals surface area contributed by atoms with Crippen molar-refractivity contribution >= 4 is 19.8 Å². The summed E-state index contributed by atoms with van der Waals surface area (Å²) in [6.07, 6.45) is 39.7. The Morgan fingerprint density at radius 2 is 0.729 bits per heavy atom. The van der Waals surface area contributed by atoms with Crippen LogP contribution in [-0.4, -0.2) is 98.3 Å². The van der Waals surface area contributed by atoms with Gasteiger partial charge in [-0.1, -0.05) is 238 Å². The maximum atomic E-state index is 12.9. The van der Waals surface area contributed by atoms with E-state index in [1.165, 1.54) is 186 Å². The van der Waals surface area contributed by atoms with Crippen LogP contribution in [0.2, 0.25) is 0 Å². The van der Waals surface area contributed by atoms with Crippen molar-refractivity contribution in [1.29, 1.82) is 0 Å². The van der Waals surface area contributed by atoms with Crippen LogP contribution in [0.3, 0.4) is 0 Å². The fourth-order valence-corrected chi connectivity index (χ4v) is 10.2. The number of unbranched alkanes of at least 4 members (excludes halogenated alkanes) is 36. The molecule has 0 aromatic carbocycles. The van der Waals surface area contributed by atoms with Crippen LogP contribution in [-0.2, 0) is 32.7 Å². The maximum absolute atomic E-state index is 12.9. The number of carbonyl (C=O) groups is 2. The molecule has 0 heterocycles. The minimum atomic E-state index is -5.12. The SMILES string of the molecule is CCCCCCCCCC/C=C\CCCCCCCCCCCC(=O)OC(COC(=O)CCCCCCCCCCCCCCCCCCCCCC)COP(=O)(O)OC1C(O)C(O)C(O)C(O)C1O. The zero-order valence-electron chi connectivity index (χ0n) is 44.6. The van der Waals surface area contributed by atoms with Gasteiger partial charge in [0.25, 0.3) is 0 Å². The van der Waals surface area contributed by atoms with E-state index in [1.54, 1.807) is 0 Å². The van der Waals surface area contributed by atoms with Gasteiger partial charge in [0.05, 0.1) is 6.61 Å². The van der Waals surface area contributed by atoms with Crippen LogP contribution < -0.4 is 0 Å². The number of carbonyl (C=O) groups excluding carboxylic acids is 2. The Labute approximate surface area is 426 Å². The van der Waals surface area contributed by atoms with E-state index in [0.717, 1.165) is 51.4 Å². The van der Waals surface area contributed by atoms with Crippen molar-refractivity contribution in [2.75, 3.05) is 13.2 Å². The predicted octanol–water partition coefficient (Wildman–Crippen LogP) is 13.4. The monoisotopic (exact) mass is 1020 g/mol. The molecule has 1 fully saturated rings. The molecule has 0 saturated heterocycles. The fraction of sp³-hybridized carbons (Fsp3) is 0.929. The summed E-state index contributed by atoms with van der Waals surface area (Å²) in [5.74, 6) is -1.08. The first-order valence-electron chi connectivity index (χ1n) is 29.0. The van der Waals surface area contributed by atoms with E-state index in [0.29, 0.717) is 12.8 Å². The van der Waals surface area contributed by atoms with Crippen molar-refractivity contribution in [3.8, 4) is 0 Å². The van der Waals surface area contributed by atoms with Crippen LogP contribution in [0.15, 0.2) is 12.2 Å². The van der Waals surface area contributed by atoms with Gasteiger partial charge in [-0.15, -0.1) is 0 Å². The Bertz CT molecular complexity index is 1270. The van der Waals surface area contributed by atoms with E-state index in [-0.39, 0.29) is 12.8 Å². The molecule has 6 atom stereocenters. The Kier molecular flexibility index (Phi) is 43.9. The molecule has 0 amide bonds. The zero-order valence-corrected chi connectivity index (χ0v) is 45.5. The molecule has 414 valence electrons. The molecule has 1 aliphatic carbocycles. The molecule has 13 nitrogen and oxygen atoms in total. The second kappa shape index (κ2) is 46.1. The molecule has 0 radical (unpaired) electrons. The summed E-state index contributed by atoms with van der Waals surface area (Å²) >= 11 is 0. The minimum Gasteiger partial charge on any atom is -0.462 e. The molecular weight excluding hydrogens is 912 g/mol.